The molecule has 0 spiro atoms. The fourth-order valence-electron chi connectivity index (χ4n) is 2.57. The molecule has 1 aromatic carbocycles. The van der Waals surface area contributed by atoms with Gasteiger partial charge in [0.05, 0.1) is 13.2 Å². The summed E-state index contributed by atoms with van der Waals surface area (Å²) < 4.78 is 16.4. The van der Waals surface area contributed by atoms with E-state index in [0.29, 0.717) is 44.7 Å². The minimum atomic E-state index is 0. The summed E-state index contributed by atoms with van der Waals surface area (Å²) >= 11 is 0. The van der Waals surface area contributed by atoms with E-state index in [0.717, 1.165) is 28.9 Å². The standard InChI is InChI=1S/C22H32N4O3.HI/c1-5-10-29-21-9-7-18(14-24-21)15-25-22(23-3)26-16-19-8-6-17(2)13-20(19)28-12-11-27-4;/h6-9,13-14H,5,10-12,15-16H2,1-4H3,(H2,23,25,26);1H. The fraction of sp³-hybridized carbons (Fsp3) is 0.455. The van der Waals surface area contributed by atoms with Gasteiger partial charge in [-0.25, -0.2) is 4.98 Å². The molecule has 0 amide bonds. The van der Waals surface area contributed by atoms with E-state index in [1.807, 2.05) is 31.3 Å². The molecule has 30 heavy (non-hydrogen) atoms. The molecule has 0 bridgehead atoms. The summed E-state index contributed by atoms with van der Waals surface area (Å²) in [5.41, 5.74) is 3.27. The van der Waals surface area contributed by atoms with Gasteiger partial charge < -0.3 is 24.8 Å². The maximum absolute atomic E-state index is 5.85. The van der Waals surface area contributed by atoms with Crippen molar-refractivity contribution in [3.8, 4) is 11.6 Å². The molecule has 2 aromatic rings. The first-order chi connectivity index (χ1) is 14.2. The molecule has 0 aliphatic carbocycles. The number of nitrogens with one attached hydrogen (secondary N) is 2. The van der Waals surface area contributed by atoms with Crippen LogP contribution in [-0.2, 0) is 17.8 Å². The van der Waals surface area contributed by atoms with Crippen molar-refractivity contribution in [2.45, 2.75) is 33.4 Å². The number of hydrogen-bond acceptors (Lipinski definition) is 5. The van der Waals surface area contributed by atoms with Crippen LogP contribution in [0.15, 0.2) is 41.5 Å². The van der Waals surface area contributed by atoms with Gasteiger partial charge in [0, 0.05) is 45.1 Å². The Morgan fingerprint density at radius 1 is 1.03 bits per heavy atom. The minimum Gasteiger partial charge on any atom is -0.491 e. The number of aliphatic imine (C=N–C) groups is 1. The van der Waals surface area contributed by atoms with Crippen molar-refractivity contribution in [2.75, 3.05) is 34.0 Å². The summed E-state index contributed by atoms with van der Waals surface area (Å²) in [6.07, 6.45) is 2.78. The summed E-state index contributed by atoms with van der Waals surface area (Å²) in [5, 5.41) is 6.63. The normalized spacial score (nSPS) is 10.9. The molecule has 7 nitrogen and oxygen atoms in total. The van der Waals surface area contributed by atoms with E-state index in [2.05, 4.69) is 39.7 Å². The number of rotatable bonds is 11. The third-order valence-corrected chi connectivity index (χ3v) is 4.15. The predicted molar refractivity (Wildman–Crippen MR) is 131 cm³/mol. The van der Waals surface area contributed by atoms with Crippen LogP contribution in [-0.4, -0.2) is 44.9 Å². The highest BCUT2D eigenvalue weighted by molar-refractivity contribution is 14.0. The second kappa shape index (κ2) is 14.8. The Hall–Kier alpha value is -2.07. The maximum atomic E-state index is 5.85. The number of aryl methyl sites for hydroxylation is 1. The van der Waals surface area contributed by atoms with E-state index < -0.39 is 0 Å². The van der Waals surface area contributed by atoms with Crippen LogP contribution >= 0.6 is 24.0 Å². The van der Waals surface area contributed by atoms with Crippen LogP contribution in [0.25, 0.3) is 0 Å². The third-order valence-electron chi connectivity index (χ3n) is 4.15. The topological polar surface area (TPSA) is 77.0 Å². The fourth-order valence-corrected chi connectivity index (χ4v) is 2.57. The van der Waals surface area contributed by atoms with E-state index in [1.165, 1.54) is 0 Å². The largest absolute Gasteiger partial charge is 0.491 e. The van der Waals surface area contributed by atoms with Crippen molar-refractivity contribution >= 4 is 29.9 Å². The van der Waals surface area contributed by atoms with Gasteiger partial charge in [0.15, 0.2) is 5.96 Å². The van der Waals surface area contributed by atoms with Crippen LogP contribution in [0, 0.1) is 6.92 Å². The zero-order valence-electron chi connectivity index (χ0n) is 18.2. The molecule has 1 heterocycles. The quantitative estimate of drug-likeness (QED) is 0.201. The summed E-state index contributed by atoms with van der Waals surface area (Å²) in [5.74, 6) is 2.22. The lowest BCUT2D eigenvalue weighted by Gasteiger charge is -2.15. The lowest BCUT2D eigenvalue weighted by Crippen LogP contribution is -2.36. The monoisotopic (exact) mass is 528 g/mol. The first-order valence-corrected chi connectivity index (χ1v) is 9.89. The molecule has 166 valence electrons. The number of hydrogen-bond donors (Lipinski definition) is 2. The predicted octanol–water partition coefficient (Wildman–Crippen LogP) is 3.69. The highest BCUT2D eigenvalue weighted by Gasteiger charge is 2.06. The zero-order valence-corrected chi connectivity index (χ0v) is 20.6. The van der Waals surface area contributed by atoms with Gasteiger partial charge in [0.1, 0.15) is 12.4 Å². The molecular formula is C22H33IN4O3. The van der Waals surface area contributed by atoms with Crippen LogP contribution in [0.1, 0.15) is 30.0 Å². The van der Waals surface area contributed by atoms with Gasteiger partial charge in [-0.05, 0) is 30.5 Å². The van der Waals surface area contributed by atoms with Crippen molar-refractivity contribution < 1.29 is 14.2 Å². The molecule has 1 aromatic heterocycles. The molecule has 0 radical (unpaired) electrons. The summed E-state index contributed by atoms with van der Waals surface area (Å²) in [7, 11) is 3.42. The van der Waals surface area contributed by atoms with Gasteiger partial charge in [-0.15, -0.1) is 24.0 Å². The van der Waals surface area contributed by atoms with E-state index in [9.17, 15) is 0 Å². The Morgan fingerprint density at radius 3 is 2.50 bits per heavy atom. The Balaban J connectivity index is 0.00000450. The number of pyridine rings is 1. The number of benzene rings is 1. The average molecular weight is 528 g/mol. The van der Waals surface area contributed by atoms with Gasteiger partial charge in [0.25, 0.3) is 0 Å². The molecular weight excluding hydrogens is 495 g/mol. The smallest absolute Gasteiger partial charge is 0.213 e. The third kappa shape index (κ3) is 9.17. The lowest BCUT2D eigenvalue weighted by atomic mass is 10.1. The molecule has 0 atom stereocenters. The van der Waals surface area contributed by atoms with Gasteiger partial charge in [-0.3, -0.25) is 4.99 Å². The number of halogens is 1. The molecule has 0 unspecified atom stereocenters. The van der Waals surface area contributed by atoms with E-state index in [1.54, 1.807) is 14.2 Å². The van der Waals surface area contributed by atoms with Crippen LogP contribution in [0.3, 0.4) is 0 Å². The summed E-state index contributed by atoms with van der Waals surface area (Å²) in [4.78, 5) is 8.61. The highest BCUT2D eigenvalue weighted by Crippen LogP contribution is 2.20. The SMILES string of the molecule is CCCOc1ccc(CNC(=NC)NCc2ccc(C)cc2OCCOC)cn1.I. The minimum absolute atomic E-state index is 0. The Morgan fingerprint density at radius 2 is 1.83 bits per heavy atom. The molecule has 0 aliphatic rings. The van der Waals surface area contributed by atoms with Gasteiger partial charge in [-0.1, -0.05) is 25.1 Å². The lowest BCUT2D eigenvalue weighted by molar-refractivity contribution is 0.145. The Kier molecular flexibility index (Phi) is 12.8. The van der Waals surface area contributed by atoms with Crippen LogP contribution in [0.2, 0.25) is 0 Å². The second-order valence-electron chi connectivity index (χ2n) is 6.58. The average Bonchev–Trinajstić information content (AvgIpc) is 2.74. The Labute approximate surface area is 196 Å². The molecule has 8 heteroatoms. The zero-order chi connectivity index (χ0) is 20.9. The first kappa shape index (κ1) is 26.0. The molecule has 0 saturated heterocycles. The van der Waals surface area contributed by atoms with Crippen molar-refractivity contribution in [1.82, 2.24) is 15.6 Å². The molecule has 2 N–H and O–H groups in total. The van der Waals surface area contributed by atoms with Crippen molar-refractivity contribution in [3.63, 3.8) is 0 Å². The Bertz CT molecular complexity index is 769. The van der Waals surface area contributed by atoms with E-state index in [-0.39, 0.29) is 24.0 Å². The number of methoxy groups -OCH3 is 1. The molecule has 2 rings (SSSR count). The number of guanidine groups is 1. The van der Waals surface area contributed by atoms with Crippen LogP contribution in [0.5, 0.6) is 11.6 Å². The summed E-state index contributed by atoms with van der Waals surface area (Å²) in [6.45, 7) is 7.09. The number of aromatic nitrogens is 1. The molecule has 0 saturated carbocycles. The molecule has 0 aliphatic heterocycles. The van der Waals surface area contributed by atoms with Crippen LogP contribution in [0.4, 0.5) is 0 Å². The van der Waals surface area contributed by atoms with Gasteiger partial charge in [0.2, 0.25) is 5.88 Å². The second-order valence-corrected chi connectivity index (χ2v) is 6.58. The van der Waals surface area contributed by atoms with E-state index >= 15 is 0 Å². The first-order valence-electron chi connectivity index (χ1n) is 9.89. The van der Waals surface area contributed by atoms with Crippen LogP contribution < -0.4 is 20.1 Å². The number of ether oxygens (including phenoxy) is 3. The summed E-state index contributed by atoms with van der Waals surface area (Å²) in [6, 6.07) is 10.1. The van der Waals surface area contributed by atoms with Gasteiger partial charge in [-0.2, -0.15) is 0 Å². The molecule has 0 fully saturated rings. The van der Waals surface area contributed by atoms with Gasteiger partial charge >= 0.3 is 0 Å². The van der Waals surface area contributed by atoms with Crippen molar-refractivity contribution in [1.29, 1.82) is 0 Å². The van der Waals surface area contributed by atoms with Crippen molar-refractivity contribution in [2.24, 2.45) is 4.99 Å². The maximum Gasteiger partial charge on any atom is 0.213 e. The van der Waals surface area contributed by atoms with Crippen molar-refractivity contribution in [3.05, 3.63) is 53.2 Å². The number of nitrogens with zero attached hydrogens (tertiary/aromatic N) is 2. The van der Waals surface area contributed by atoms with E-state index in [4.69, 9.17) is 14.2 Å². The highest BCUT2D eigenvalue weighted by atomic mass is 127.